The lowest BCUT2D eigenvalue weighted by atomic mass is 10.00. The van der Waals surface area contributed by atoms with Crippen LogP contribution < -0.4 is 0 Å². The zero-order valence-electron chi connectivity index (χ0n) is 9.75. The van der Waals surface area contributed by atoms with E-state index in [1.807, 2.05) is 13.8 Å². The van der Waals surface area contributed by atoms with Crippen LogP contribution in [-0.2, 0) is 19.0 Å². The Balaban J connectivity index is 2.18. The quantitative estimate of drug-likeness (QED) is 0.675. The first-order chi connectivity index (χ1) is 7.03. The number of hydrogen-bond acceptors (Lipinski definition) is 4. The van der Waals surface area contributed by atoms with Crippen LogP contribution >= 0.6 is 0 Å². The van der Waals surface area contributed by atoms with Gasteiger partial charge >= 0.3 is 0 Å². The van der Waals surface area contributed by atoms with E-state index in [1.54, 1.807) is 7.11 Å². The molecule has 0 unspecified atom stereocenters. The Morgan fingerprint density at radius 2 is 2.00 bits per heavy atom. The second-order valence-corrected chi connectivity index (χ2v) is 4.38. The molecule has 0 saturated carbocycles. The number of ketones is 1. The van der Waals surface area contributed by atoms with Crippen molar-refractivity contribution in [3.63, 3.8) is 0 Å². The van der Waals surface area contributed by atoms with Crippen LogP contribution in [0.3, 0.4) is 0 Å². The van der Waals surface area contributed by atoms with Crippen LogP contribution in [0.1, 0.15) is 33.1 Å². The second kappa shape index (κ2) is 5.58. The van der Waals surface area contributed by atoms with Crippen molar-refractivity contribution in [2.24, 2.45) is 0 Å². The predicted molar refractivity (Wildman–Crippen MR) is 55.6 cm³/mol. The van der Waals surface area contributed by atoms with Gasteiger partial charge in [-0.2, -0.15) is 0 Å². The molecule has 88 valence electrons. The molecule has 0 amide bonds. The summed E-state index contributed by atoms with van der Waals surface area (Å²) in [6.45, 7) is 5.15. The van der Waals surface area contributed by atoms with Crippen molar-refractivity contribution in [2.75, 3.05) is 20.3 Å². The minimum absolute atomic E-state index is 0.173. The molecule has 1 aliphatic heterocycles. The maximum absolute atomic E-state index is 11.5. The average Bonchev–Trinajstić information content (AvgIpc) is 2.68. The molecule has 1 rings (SSSR count). The predicted octanol–water partition coefficient (Wildman–Crippen LogP) is 1.52. The highest BCUT2D eigenvalue weighted by atomic mass is 16.7. The van der Waals surface area contributed by atoms with Crippen LogP contribution in [0.2, 0.25) is 0 Å². The van der Waals surface area contributed by atoms with Crippen molar-refractivity contribution in [1.82, 2.24) is 0 Å². The highest BCUT2D eigenvalue weighted by Gasteiger charge is 2.22. The summed E-state index contributed by atoms with van der Waals surface area (Å²) in [4.78, 5) is 11.5. The number of Topliss-reactive ketones (excluding diaryl/α,β-unsaturated/α-hetero) is 1. The minimum atomic E-state index is -0.317. The van der Waals surface area contributed by atoms with E-state index in [2.05, 4.69) is 0 Å². The second-order valence-electron chi connectivity index (χ2n) is 4.38. The molecule has 0 aromatic rings. The van der Waals surface area contributed by atoms with E-state index in [0.29, 0.717) is 26.1 Å². The lowest BCUT2D eigenvalue weighted by Crippen LogP contribution is -2.24. The molecule has 4 nitrogen and oxygen atoms in total. The Morgan fingerprint density at radius 1 is 1.40 bits per heavy atom. The number of rotatable bonds is 6. The van der Waals surface area contributed by atoms with Crippen LogP contribution in [0.25, 0.3) is 0 Å². The van der Waals surface area contributed by atoms with Crippen LogP contribution in [0.5, 0.6) is 0 Å². The molecule has 1 heterocycles. The number of carbonyl (C=O) groups excluding carboxylic acids is 1. The van der Waals surface area contributed by atoms with E-state index >= 15 is 0 Å². The van der Waals surface area contributed by atoms with Gasteiger partial charge in [-0.05, 0) is 20.3 Å². The molecule has 4 heteroatoms. The third-order valence-corrected chi connectivity index (χ3v) is 2.64. The van der Waals surface area contributed by atoms with Gasteiger partial charge in [-0.3, -0.25) is 4.79 Å². The van der Waals surface area contributed by atoms with Crippen LogP contribution in [-0.4, -0.2) is 38.0 Å². The molecule has 0 radical (unpaired) electrons. The van der Waals surface area contributed by atoms with E-state index in [4.69, 9.17) is 14.2 Å². The maximum atomic E-state index is 11.5. The third kappa shape index (κ3) is 4.73. The molecule has 1 saturated heterocycles. The van der Waals surface area contributed by atoms with Gasteiger partial charge in [0, 0.05) is 13.5 Å². The highest BCUT2D eigenvalue weighted by Crippen LogP contribution is 2.17. The molecule has 1 aliphatic rings. The van der Waals surface area contributed by atoms with Crippen molar-refractivity contribution in [2.45, 2.75) is 45.0 Å². The molecule has 0 N–H and O–H groups in total. The lowest BCUT2D eigenvalue weighted by molar-refractivity contribution is -0.128. The Hall–Kier alpha value is -0.450. The topological polar surface area (TPSA) is 44.8 Å². The van der Waals surface area contributed by atoms with Crippen molar-refractivity contribution < 1.29 is 19.0 Å². The van der Waals surface area contributed by atoms with Gasteiger partial charge in [-0.25, -0.2) is 0 Å². The normalized spacial score (nSPS) is 18.3. The monoisotopic (exact) mass is 216 g/mol. The Labute approximate surface area is 90.9 Å². The van der Waals surface area contributed by atoms with Gasteiger partial charge in [0.2, 0.25) is 0 Å². The van der Waals surface area contributed by atoms with E-state index in [9.17, 15) is 4.79 Å². The van der Waals surface area contributed by atoms with Gasteiger partial charge in [0.25, 0.3) is 0 Å². The number of carbonyl (C=O) groups is 1. The largest absolute Gasteiger partial charge is 0.379 e. The smallest absolute Gasteiger partial charge is 0.164 e. The van der Waals surface area contributed by atoms with Crippen molar-refractivity contribution in [3.8, 4) is 0 Å². The number of hydrogen-bond donors (Lipinski definition) is 0. The van der Waals surface area contributed by atoms with Crippen LogP contribution in [0.15, 0.2) is 0 Å². The van der Waals surface area contributed by atoms with Gasteiger partial charge in [0.05, 0.1) is 25.2 Å². The van der Waals surface area contributed by atoms with Gasteiger partial charge in [0.15, 0.2) is 6.29 Å². The minimum Gasteiger partial charge on any atom is -0.379 e. The molecule has 0 spiro atoms. The molecule has 0 bridgehead atoms. The molecule has 0 aromatic heterocycles. The molecule has 0 aromatic carbocycles. The zero-order valence-corrected chi connectivity index (χ0v) is 9.75. The molecule has 1 fully saturated rings. The maximum Gasteiger partial charge on any atom is 0.164 e. The van der Waals surface area contributed by atoms with Crippen LogP contribution in [0, 0.1) is 0 Å². The standard InChI is InChI=1S/C11H20O4/c1-11(2,13-3)5-4-9(12)8-10-14-6-7-15-10/h10H,4-8H2,1-3H3. The van der Waals surface area contributed by atoms with Crippen molar-refractivity contribution in [1.29, 1.82) is 0 Å². The summed E-state index contributed by atoms with van der Waals surface area (Å²) in [6.07, 6.45) is 1.29. The van der Waals surface area contributed by atoms with E-state index in [0.717, 1.165) is 6.42 Å². The molecule has 0 aliphatic carbocycles. The first kappa shape index (κ1) is 12.6. The summed E-state index contributed by atoms with van der Waals surface area (Å²) >= 11 is 0. The fourth-order valence-electron chi connectivity index (χ4n) is 1.36. The van der Waals surface area contributed by atoms with E-state index in [1.165, 1.54) is 0 Å². The SMILES string of the molecule is COC(C)(C)CCC(=O)CC1OCCO1. The molecular weight excluding hydrogens is 196 g/mol. The van der Waals surface area contributed by atoms with Gasteiger partial charge in [-0.1, -0.05) is 0 Å². The average molecular weight is 216 g/mol. The summed E-state index contributed by atoms with van der Waals surface area (Å²) < 4.78 is 15.7. The van der Waals surface area contributed by atoms with E-state index in [-0.39, 0.29) is 17.7 Å². The summed E-state index contributed by atoms with van der Waals surface area (Å²) in [5.74, 6) is 0.173. The van der Waals surface area contributed by atoms with Crippen molar-refractivity contribution in [3.05, 3.63) is 0 Å². The Bertz CT molecular complexity index is 207. The summed E-state index contributed by atoms with van der Waals surface area (Å²) in [7, 11) is 1.66. The lowest BCUT2D eigenvalue weighted by Gasteiger charge is -2.22. The molecular formula is C11H20O4. The first-order valence-corrected chi connectivity index (χ1v) is 5.33. The summed E-state index contributed by atoms with van der Waals surface area (Å²) in [5, 5.41) is 0. The van der Waals surface area contributed by atoms with Crippen molar-refractivity contribution >= 4 is 5.78 Å². The van der Waals surface area contributed by atoms with Gasteiger partial charge in [0.1, 0.15) is 5.78 Å². The fourth-order valence-corrected chi connectivity index (χ4v) is 1.36. The first-order valence-electron chi connectivity index (χ1n) is 5.33. The van der Waals surface area contributed by atoms with Gasteiger partial charge in [-0.15, -0.1) is 0 Å². The summed E-state index contributed by atoms with van der Waals surface area (Å²) in [6, 6.07) is 0. The fraction of sp³-hybridized carbons (Fsp3) is 0.909. The number of methoxy groups -OCH3 is 1. The highest BCUT2D eigenvalue weighted by molar-refractivity contribution is 5.78. The molecule has 15 heavy (non-hydrogen) atoms. The van der Waals surface area contributed by atoms with Gasteiger partial charge < -0.3 is 14.2 Å². The van der Waals surface area contributed by atoms with Crippen LogP contribution in [0.4, 0.5) is 0 Å². The van der Waals surface area contributed by atoms with E-state index < -0.39 is 0 Å². The Kier molecular flexibility index (Phi) is 4.70. The zero-order chi connectivity index (χ0) is 11.3. The Morgan fingerprint density at radius 3 is 2.53 bits per heavy atom. The number of ether oxygens (including phenoxy) is 3. The summed E-state index contributed by atoms with van der Waals surface area (Å²) in [5.41, 5.74) is -0.229. The third-order valence-electron chi connectivity index (χ3n) is 2.64. The molecule has 0 atom stereocenters.